The first-order chi connectivity index (χ1) is 11.5. The van der Waals surface area contributed by atoms with Crippen LogP contribution in [-0.4, -0.2) is 0 Å². The summed E-state index contributed by atoms with van der Waals surface area (Å²) in [5, 5.41) is 0. The minimum Gasteiger partial charge on any atom is -0.0628 e. The van der Waals surface area contributed by atoms with Crippen molar-refractivity contribution in [2.45, 2.75) is 127 Å². The van der Waals surface area contributed by atoms with Crippen LogP contribution in [0.15, 0.2) is 0 Å². The molecule has 0 aliphatic rings. The highest BCUT2D eigenvalue weighted by atomic mass is 14.3. The highest BCUT2D eigenvalue weighted by Crippen LogP contribution is 2.31. The number of hydrogen-bond donors (Lipinski definition) is 0. The highest BCUT2D eigenvalue weighted by molar-refractivity contribution is 4.71. The van der Waals surface area contributed by atoms with Crippen LogP contribution in [0.3, 0.4) is 0 Å². The van der Waals surface area contributed by atoms with Crippen LogP contribution in [0, 0.1) is 35.0 Å². The molecule has 0 aliphatic heterocycles. The third-order valence-corrected chi connectivity index (χ3v) is 6.13. The molecule has 0 aromatic rings. The van der Waals surface area contributed by atoms with Gasteiger partial charge < -0.3 is 0 Å². The van der Waals surface area contributed by atoms with Crippen LogP contribution in [-0.2, 0) is 0 Å². The summed E-state index contributed by atoms with van der Waals surface area (Å²) >= 11 is 0. The monoisotopic (exact) mass is 352 g/mol. The Morgan fingerprint density at radius 1 is 0.520 bits per heavy atom. The molecule has 4 atom stereocenters. The van der Waals surface area contributed by atoms with E-state index in [4.69, 9.17) is 0 Å². The van der Waals surface area contributed by atoms with Crippen LogP contribution >= 0.6 is 0 Å². The van der Waals surface area contributed by atoms with Crippen LogP contribution < -0.4 is 0 Å². The lowest BCUT2D eigenvalue weighted by Gasteiger charge is -2.28. The summed E-state index contributed by atoms with van der Waals surface area (Å²) in [5.74, 6) is 4.48. The molecule has 4 unspecified atom stereocenters. The average molecular weight is 353 g/mol. The van der Waals surface area contributed by atoms with E-state index in [1.807, 2.05) is 0 Å². The van der Waals surface area contributed by atoms with Crippen molar-refractivity contribution in [1.82, 2.24) is 0 Å². The van der Waals surface area contributed by atoms with Gasteiger partial charge in [-0.1, -0.05) is 120 Å². The zero-order chi connectivity index (χ0) is 19.5. The summed E-state index contributed by atoms with van der Waals surface area (Å²) in [5.41, 5.74) is 0.479. The van der Waals surface area contributed by atoms with Crippen molar-refractivity contribution in [3.8, 4) is 0 Å². The van der Waals surface area contributed by atoms with Gasteiger partial charge in [-0.15, -0.1) is 0 Å². The largest absolute Gasteiger partial charge is 0.0628 e. The summed E-state index contributed by atoms with van der Waals surface area (Å²) in [6.07, 6.45) is 14.3. The molecule has 0 amide bonds. The zero-order valence-corrected chi connectivity index (χ0v) is 19.5. The van der Waals surface area contributed by atoms with Gasteiger partial charge in [-0.3, -0.25) is 0 Å². The highest BCUT2D eigenvalue weighted by Gasteiger charge is 2.19. The summed E-state index contributed by atoms with van der Waals surface area (Å²) in [7, 11) is 0. The van der Waals surface area contributed by atoms with E-state index in [0.717, 1.165) is 29.6 Å². The fraction of sp³-hybridized carbons (Fsp3) is 1.00. The van der Waals surface area contributed by atoms with Crippen LogP contribution in [0.1, 0.15) is 127 Å². The SMILES string of the molecule is CC(C)CCCC(C)CCCC(C)CCCC(C)C(C)CC(C)(C)C. The van der Waals surface area contributed by atoms with Crippen LogP contribution in [0.5, 0.6) is 0 Å². The molecule has 0 radical (unpaired) electrons. The first-order valence-corrected chi connectivity index (χ1v) is 11.5. The van der Waals surface area contributed by atoms with E-state index in [9.17, 15) is 0 Å². The van der Waals surface area contributed by atoms with E-state index in [1.165, 1.54) is 64.2 Å². The van der Waals surface area contributed by atoms with Crippen LogP contribution in [0.2, 0.25) is 0 Å². The Bertz CT molecular complexity index is 296. The van der Waals surface area contributed by atoms with E-state index in [1.54, 1.807) is 0 Å². The summed E-state index contributed by atoms with van der Waals surface area (Å²) in [6, 6.07) is 0. The maximum absolute atomic E-state index is 2.48. The van der Waals surface area contributed by atoms with Gasteiger partial charge in [0.15, 0.2) is 0 Å². The molecule has 0 rings (SSSR count). The second-order valence-electron chi connectivity index (χ2n) is 11.1. The van der Waals surface area contributed by atoms with Crippen molar-refractivity contribution in [3.63, 3.8) is 0 Å². The molecular weight excluding hydrogens is 300 g/mol. The Morgan fingerprint density at radius 3 is 1.32 bits per heavy atom. The Kier molecular flexibility index (Phi) is 13.2. The summed E-state index contributed by atoms with van der Waals surface area (Å²) in [6.45, 7) is 21.7. The topological polar surface area (TPSA) is 0 Å². The van der Waals surface area contributed by atoms with Crippen molar-refractivity contribution in [2.75, 3.05) is 0 Å². The van der Waals surface area contributed by atoms with Gasteiger partial charge in [-0.25, -0.2) is 0 Å². The van der Waals surface area contributed by atoms with Gasteiger partial charge in [-0.2, -0.15) is 0 Å². The molecule has 152 valence electrons. The summed E-state index contributed by atoms with van der Waals surface area (Å²) < 4.78 is 0. The Hall–Kier alpha value is 0. The van der Waals surface area contributed by atoms with E-state index in [0.29, 0.717) is 5.41 Å². The molecule has 0 heterocycles. The molecule has 25 heavy (non-hydrogen) atoms. The normalized spacial score (nSPS) is 17.5. The molecular formula is C25H52. The Balaban J connectivity index is 3.71. The smallest absolute Gasteiger partial charge is 0.0380 e. The minimum absolute atomic E-state index is 0.479. The predicted octanol–water partition coefficient (Wildman–Crippen LogP) is 9.13. The average Bonchev–Trinajstić information content (AvgIpc) is 2.44. The lowest BCUT2D eigenvalue weighted by molar-refractivity contribution is 0.235. The van der Waals surface area contributed by atoms with Crippen molar-refractivity contribution >= 4 is 0 Å². The van der Waals surface area contributed by atoms with Crippen molar-refractivity contribution in [3.05, 3.63) is 0 Å². The minimum atomic E-state index is 0.479. The van der Waals surface area contributed by atoms with Gasteiger partial charge >= 0.3 is 0 Å². The molecule has 0 bridgehead atoms. The molecule has 0 aromatic carbocycles. The lowest BCUT2D eigenvalue weighted by atomic mass is 9.78. The quantitative estimate of drug-likeness (QED) is 0.292. The molecule has 0 heteroatoms. The Morgan fingerprint density at radius 2 is 0.920 bits per heavy atom. The third-order valence-electron chi connectivity index (χ3n) is 6.13. The fourth-order valence-corrected chi connectivity index (χ4v) is 4.22. The van der Waals surface area contributed by atoms with Crippen molar-refractivity contribution in [2.24, 2.45) is 35.0 Å². The van der Waals surface area contributed by atoms with Gasteiger partial charge in [0.2, 0.25) is 0 Å². The summed E-state index contributed by atoms with van der Waals surface area (Å²) in [4.78, 5) is 0. The lowest BCUT2D eigenvalue weighted by Crippen LogP contribution is -2.17. The molecule has 0 N–H and O–H groups in total. The van der Waals surface area contributed by atoms with E-state index >= 15 is 0 Å². The Labute approximate surface area is 161 Å². The molecule has 0 nitrogen and oxygen atoms in total. The second kappa shape index (κ2) is 13.2. The molecule has 0 saturated heterocycles. The van der Waals surface area contributed by atoms with Gasteiger partial charge in [0.1, 0.15) is 0 Å². The first kappa shape index (κ1) is 25.0. The first-order valence-electron chi connectivity index (χ1n) is 11.5. The molecule has 0 fully saturated rings. The fourth-order valence-electron chi connectivity index (χ4n) is 4.22. The second-order valence-corrected chi connectivity index (χ2v) is 11.1. The van der Waals surface area contributed by atoms with Gasteiger partial charge in [0.05, 0.1) is 0 Å². The van der Waals surface area contributed by atoms with Gasteiger partial charge in [-0.05, 0) is 41.4 Å². The molecule has 0 saturated carbocycles. The number of rotatable bonds is 14. The van der Waals surface area contributed by atoms with Crippen molar-refractivity contribution < 1.29 is 0 Å². The molecule has 0 aromatic heterocycles. The maximum atomic E-state index is 2.48. The maximum Gasteiger partial charge on any atom is -0.0380 e. The molecule has 0 spiro atoms. The van der Waals surface area contributed by atoms with E-state index in [2.05, 4.69) is 62.3 Å². The van der Waals surface area contributed by atoms with Gasteiger partial charge in [0, 0.05) is 0 Å². The predicted molar refractivity (Wildman–Crippen MR) is 117 cm³/mol. The third kappa shape index (κ3) is 15.9. The number of hydrogen-bond acceptors (Lipinski definition) is 0. The van der Waals surface area contributed by atoms with Gasteiger partial charge in [0.25, 0.3) is 0 Å². The molecule has 0 aliphatic carbocycles. The standard InChI is InChI=1S/C25H52/c1-20(2)13-10-14-21(3)15-11-16-22(4)17-12-18-23(5)24(6)19-25(7,8)9/h20-24H,10-19H2,1-9H3. The van der Waals surface area contributed by atoms with Crippen LogP contribution in [0.4, 0.5) is 0 Å². The van der Waals surface area contributed by atoms with E-state index < -0.39 is 0 Å². The van der Waals surface area contributed by atoms with Crippen LogP contribution in [0.25, 0.3) is 0 Å². The van der Waals surface area contributed by atoms with Crippen molar-refractivity contribution in [1.29, 1.82) is 0 Å². The van der Waals surface area contributed by atoms with E-state index in [-0.39, 0.29) is 0 Å². The zero-order valence-electron chi connectivity index (χ0n) is 19.5.